The van der Waals surface area contributed by atoms with Gasteiger partial charge in [-0.1, -0.05) is 36.4 Å². The van der Waals surface area contributed by atoms with E-state index in [0.29, 0.717) is 5.56 Å². The van der Waals surface area contributed by atoms with Crippen LogP contribution in [0.15, 0.2) is 67.1 Å². The van der Waals surface area contributed by atoms with E-state index in [2.05, 4.69) is 10.3 Å². The Morgan fingerprint density at radius 2 is 1.65 bits per heavy atom. The summed E-state index contributed by atoms with van der Waals surface area (Å²) in [7, 11) is 3.76. The molecule has 0 spiro atoms. The number of ketones is 1. The van der Waals surface area contributed by atoms with Crippen molar-refractivity contribution in [3.05, 3.63) is 78.3 Å². The minimum atomic E-state index is -0.636. The van der Waals surface area contributed by atoms with Gasteiger partial charge in [0.25, 0.3) is 0 Å². The smallest absolute Gasteiger partial charge is 0.408 e. The molecule has 0 atom stereocenters. The maximum absolute atomic E-state index is 13.2. The van der Waals surface area contributed by atoms with Crippen LogP contribution in [0.5, 0.6) is 0 Å². The van der Waals surface area contributed by atoms with Crippen LogP contribution in [0, 0.1) is 0 Å². The number of carbonyl (C=O) groups is 2. The molecular formula is C28H33N3O3. The predicted octanol–water partition coefficient (Wildman–Crippen LogP) is 5.92. The second-order valence-corrected chi connectivity index (χ2v) is 10.1. The maximum Gasteiger partial charge on any atom is 0.408 e. The number of alkyl carbamates (subject to hydrolysis) is 1. The van der Waals surface area contributed by atoms with E-state index in [4.69, 9.17) is 4.74 Å². The second-order valence-electron chi connectivity index (χ2n) is 10.1. The van der Waals surface area contributed by atoms with E-state index in [0.717, 1.165) is 27.5 Å². The Morgan fingerprint density at radius 3 is 2.26 bits per heavy atom. The standard InChI is InChI=1S/C28H33N3O3/c1-27(2,3)34-26(33)30-28(4,5)21-11-8-19(9-12-21)22-13-10-20-18-29-16-14-23(20)25(22)24(32)15-17-31(6)7/h8-18H,1-7H3,(H,30,33)/b17-15+. The van der Waals surface area contributed by atoms with Crippen LogP contribution < -0.4 is 5.32 Å². The molecule has 1 heterocycles. The molecule has 0 aliphatic carbocycles. The summed E-state index contributed by atoms with van der Waals surface area (Å²) in [4.78, 5) is 31.6. The molecule has 0 fully saturated rings. The molecule has 0 saturated heterocycles. The Morgan fingerprint density at radius 1 is 0.971 bits per heavy atom. The first kappa shape index (κ1) is 25.0. The molecule has 34 heavy (non-hydrogen) atoms. The van der Waals surface area contributed by atoms with E-state index in [9.17, 15) is 9.59 Å². The predicted molar refractivity (Wildman–Crippen MR) is 137 cm³/mol. The van der Waals surface area contributed by atoms with Crippen LogP contribution in [-0.2, 0) is 10.3 Å². The SMILES string of the molecule is CN(C)/C=C/C(=O)c1c(-c2ccc(C(C)(C)NC(=O)OC(C)(C)C)cc2)ccc2cnccc12. The first-order valence-electron chi connectivity index (χ1n) is 11.3. The van der Waals surface area contributed by atoms with E-state index in [1.165, 1.54) is 0 Å². The van der Waals surface area contributed by atoms with Crippen LogP contribution in [0.25, 0.3) is 21.9 Å². The molecule has 0 saturated carbocycles. The van der Waals surface area contributed by atoms with Gasteiger partial charge in [-0.25, -0.2) is 4.79 Å². The van der Waals surface area contributed by atoms with Gasteiger partial charge >= 0.3 is 6.09 Å². The quantitative estimate of drug-likeness (QED) is 0.366. The summed E-state index contributed by atoms with van der Waals surface area (Å²) in [6, 6.07) is 13.7. The molecule has 6 nitrogen and oxygen atoms in total. The summed E-state index contributed by atoms with van der Waals surface area (Å²) in [5, 5.41) is 4.70. The number of rotatable bonds is 6. The Hall–Kier alpha value is -3.67. The van der Waals surface area contributed by atoms with Crippen molar-refractivity contribution in [2.75, 3.05) is 14.1 Å². The van der Waals surface area contributed by atoms with Crippen molar-refractivity contribution in [1.82, 2.24) is 15.2 Å². The van der Waals surface area contributed by atoms with Crippen LogP contribution in [0.1, 0.15) is 50.5 Å². The van der Waals surface area contributed by atoms with Crippen LogP contribution in [0.4, 0.5) is 4.79 Å². The molecule has 2 aromatic carbocycles. The fraction of sp³-hybridized carbons (Fsp3) is 0.321. The lowest BCUT2D eigenvalue weighted by Gasteiger charge is -2.29. The summed E-state index contributed by atoms with van der Waals surface area (Å²) < 4.78 is 5.41. The lowest BCUT2D eigenvalue weighted by atomic mass is 9.89. The molecule has 6 heteroatoms. The van der Waals surface area contributed by atoms with Gasteiger partial charge in [0.05, 0.1) is 5.54 Å². The minimum Gasteiger partial charge on any atom is -0.444 e. The normalized spacial score (nSPS) is 12.1. The third-order valence-electron chi connectivity index (χ3n) is 5.32. The molecule has 178 valence electrons. The molecule has 0 aliphatic rings. The monoisotopic (exact) mass is 459 g/mol. The van der Waals surface area contributed by atoms with Crippen molar-refractivity contribution in [2.24, 2.45) is 0 Å². The number of allylic oxidation sites excluding steroid dienone is 1. The van der Waals surface area contributed by atoms with Gasteiger partial charge in [0.15, 0.2) is 5.78 Å². The summed E-state index contributed by atoms with van der Waals surface area (Å²) in [5.74, 6) is -0.0727. The van der Waals surface area contributed by atoms with Crippen molar-refractivity contribution in [2.45, 2.75) is 45.8 Å². The highest BCUT2D eigenvalue weighted by molar-refractivity contribution is 6.17. The first-order valence-corrected chi connectivity index (χ1v) is 11.3. The Kier molecular flexibility index (Phi) is 7.10. The lowest BCUT2D eigenvalue weighted by molar-refractivity contribution is 0.0470. The first-order chi connectivity index (χ1) is 15.9. The third kappa shape index (κ3) is 6.01. The number of carbonyl (C=O) groups excluding carboxylic acids is 2. The zero-order chi connectivity index (χ0) is 25.1. The fourth-order valence-electron chi connectivity index (χ4n) is 3.67. The number of nitrogens with zero attached hydrogens (tertiary/aromatic N) is 2. The Bertz CT molecular complexity index is 1220. The fourth-order valence-corrected chi connectivity index (χ4v) is 3.67. The van der Waals surface area contributed by atoms with Gasteiger partial charge in [-0.05, 0) is 62.8 Å². The number of pyridine rings is 1. The molecule has 1 amide bonds. The number of nitrogens with one attached hydrogen (secondary N) is 1. The van der Waals surface area contributed by atoms with Crippen molar-refractivity contribution in [3.8, 4) is 11.1 Å². The topological polar surface area (TPSA) is 71.5 Å². The number of hydrogen-bond donors (Lipinski definition) is 1. The van der Waals surface area contributed by atoms with Crippen molar-refractivity contribution < 1.29 is 14.3 Å². The highest BCUT2D eigenvalue weighted by Crippen LogP contribution is 2.32. The molecule has 1 N–H and O–H groups in total. The highest BCUT2D eigenvalue weighted by Gasteiger charge is 2.26. The molecule has 3 aromatic rings. The van der Waals surface area contributed by atoms with Gasteiger partial charge in [0.2, 0.25) is 0 Å². The molecule has 0 radical (unpaired) electrons. The van der Waals surface area contributed by atoms with Crippen molar-refractivity contribution >= 4 is 22.6 Å². The van der Waals surface area contributed by atoms with Gasteiger partial charge in [0.1, 0.15) is 5.60 Å². The van der Waals surface area contributed by atoms with Crippen molar-refractivity contribution in [3.63, 3.8) is 0 Å². The number of fused-ring (bicyclic) bond motifs is 1. The Labute approximate surface area is 201 Å². The average molecular weight is 460 g/mol. The molecular weight excluding hydrogens is 426 g/mol. The summed E-state index contributed by atoms with van der Waals surface area (Å²) in [6.07, 6.45) is 6.33. The molecule has 0 aliphatic heterocycles. The number of benzene rings is 2. The lowest BCUT2D eigenvalue weighted by Crippen LogP contribution is -2.43. The van der Waals surface area contributed by atoms with Crippen LogP contribution in [0.3, 0.4) is 0 Å². The zero-order valence-corrected chi connectivity index (χ0v) is 21.0. The van der Waals surface area contributed by atoms with Gasteiger partial charge < -0.3 is 15.0 Å². The highest BCUT2D eigenvalue weighted by atomic mass is 16.6. The summed E-state index contributed by atoms with van der Waals surface area (Å²) in [6.45, 7) is 9.35. The van der Waals surface area contributed by atoms with E-state index in [1.54, 1.807) is 24.7 Å². The number of aromatic nitrogens is 1. The zero-order valence-electron chi connectivity index (χ0n) is 21.0. The van der Waals surface area contributed by atoms with Gasteiger partial charge in [-0.3, -0.25) is 9.78 Å². The minimum absolute atomic E-state index is 0.0727. The van der Waals surface area contributed by atoms with E-state index in [-0.39, 0.29) is 5.78 Å². The van der Waals surface area contributed by atoms with Crippen LogP contribution in [-0.4, -0.2) is 41.5 Å². The largest absolute Gasteiger partial charge is 0.444 e. The van der Waals surface area contributed by atoms with Crippen LogP contribution in [0.2, 0.25) is 0 Å². The van der Waals surface area contributed by atoms with Crippen LogP contribution >= 0.6 is 0 Å². The van der Waals surface area contributed by atoms with Gasteiger partial charge in [0, 0.05) is 49.7 Å². The van der Waals surface area contributed by atoms with E-state index in [1.807, 2.05) is 96.1 Å². The number of hydrogen-bond acceptors (Lipinski definition) is 5. The number of amides is 1. The van der Waals surface area contributed by atoms with E-state index >= 15 is 0 Å². The number of ether oxygens (including phenoxy) is 1. The average Bonchev–Trinajstić information content (AvgIpc) is 2.75. The van der Waals surface area contributed by atoms with Gasteiger partial charge in [-0.15, -0.1) is 0 Å². The molecule has 0 bridgehead atoms. The van der Waals surface area contributed by atoms with Gasteiger partial charge in [-0.2, -0.15) is 0 Å². The molecule has 1 aromatic heterocycles. The molecule has 0 unspecified atom stereocenters. The molecule has 3 rings (SSSR count). The summed E-state index contributed by atoms with van der Waals surface area (Å²) in [5.41, 5.74) is 2.11. The summed E-state index contributed by atoms with van der Waals surface area (Å²) >= 11 is 0. The van der Waals surface area contributed by atoms with Crippen molar-refractivity contribution in [1.29, 1.82) is 0 Å². The van der Waals surface area contributed by atoms with E-state index < -0.39 is 17.2 Å². The maximum atomic E-state index is 13.2. The Balaban J connectivity index is 1.98. The third-order valence-corrected chi connectivity index (χ3v) is 5.32. The second kappa shape index (κ2) is 9.67.